The fourth-order valence-electron chi connectivity index (χ4n) is 4.15. The van der Waals surface area contributed by atoms with Crippen LogP contribution >= 0.6 is 0 Å². The first-order valence-corrected chi connectivity index (χ1v) is 7.37. The molecule has 1 spiro atoms. The van der Waals surface area contributed by atoms with Gasteiger partial charge >= 0.3 is 0 Å². The topological polar surface area (TPSA) is 9.23 Å². The molecule has 0 aromatic carbocycles. The maximum Gasteiger partial charge on any atom is 0.101 e. The monoisotopic (exact) mass is 260 g/mol. The third kappa shape index (κ3) is 1.98. The predicted octanol–water partition coefficient (Wildman–Crippen LogP) is 5.11. The molecule has 0 aromatic heterocycles. The van der Waals surface area contributed by atoms with Crippen molar-refractivity contribution in [3.8, 4) is 0 Å². The van der Waals surface area contributed by atoms with Crippen molar-refractivity contribution in [2.24, 2.45) is 22.7 Å². The molecular formula is C18H28O. The number of methoxy groups -OCH3 is 1. The molecule has 1 fully saturated rings. The summed E-state index contributed by atoms with van der Waals surface area (Å²) in [5.41, 5.74) is 2.88. The van der Waals surface area contributed by atoms with E-state index < -0.39 is 0 Å². The summed E-state index contributed by atoms with van der Waals surface area (Å²) in [5, 5.41) is 0. The Kier molecular flexibility index (Phi) is 3.45. The molecule has 1 unspecified atom stereocenters. The molecule has 2 rings (SSSR count). The van der Waals surface area contributed by atoms with Gasteiger partial charge in [0.25, 0.3) is 0 Å². The summed E-state index contributed by atoms with van der Waals surface area (Å²) in [7, 11) is 1.77. The quantitative estimate of drug-likeness (QED) is 0.627. The van der Waals surface area contributed by atoms with Crippen molar-refractivity contribution in [3.63, 3.8) is 0 Å². The van der Waals surface area contributed by atoms with Gasteiger partial charge < -0.3 is 4.74 Å². The van der Waals surface area contributed by atoms with E-state index >= 15 is 0 Å². The highest BCUT2D eigenvalue weighted by atomic mass is 16.5. The van der Waals surface area contributed by atoms with Crippen LogP contribution in [0.2, 0.25) is 0 Å². The van der Waals surface area contributed by atoms with Gasteiger partial charge in [-0.1, -0.05) is 31.2 Å². The van der Waals surface area contributed by atoms with Gasteiger partial charge in [0.2, 0.25) is 0 Å². The zero-order valence-corrected chi connectivity index (χ0v) is 13.2. The molecular weight excluding hydrogens is 232 g/mol. The average Bonchev–Trinajstić information content (AvgIpc) is 2.79. The number of hydrogen-bond donors (Lipinski definition) is 0. The van der Waals surface area contributed by atoms with Crippen LogP contribution in [0.4, 0.5) is 0 Å². The number of rotatable bonds is 2. The smallest absolute Gasteiger partial charge is 0.101 e. The van der Waals surface area contributed by atoms with E-state index in [1.807, 2.05) is 0 Å². The Hall–Kier alpha value is -0.980. The van der Waals surface area contributed by atoms with E-state index in [0.29, 0.717) is 11.8 Å². The molecule has 0 amide bonds. The lowest BCUT2D eigenvalue weighted by Gasteiger charge is -2.48. The Morgan fingerprint density at radius 2 is 2.05 bits per heavy atom. The van der Waals surface area contributed by atoms with Crippen molar-refractivity contribution in [1.82, 2.24) is 0 Å². The lowest BCUT2D eigenvalue weighted by Crippen LogP contribution is -2.40. The third-order valence-electron chi connectivity index (χ3n) is 5.71. The molecule has 0 saturated heterocycles. The summed E-state index contributed by atoms with van der Waals surface area (Å²) < 4.78 is 5.61. The highest BCUT2D eigenvalue weighted by molar-refractivity contribution is 5.36. The molecule has 0 N–H and O–H groups in total. The van der Waals surface area contributed by atoms with Crippen molar-refractivity contribution in [2.45, 2.75) is 47.0 Å². The van der Waals surface area contributed by atoms with Crippen LogP contribution in [0, 0.1) is 22.7 Å². The Bertz CT molecular complexity index is 441. The van der Waals surface area contributed by atoms with E-state index in [2.05, 4.69) is 46.9 Å². The second-order valence-electron chi connectivity index (χ2n) is 7.07. The fourth-order valence-corrected chi connectivity index (χ4v) is 4.15. The van der Waals surface area contributed by atoms with Gasteiger partial charge in [-0.15, -0.1) is 0 Å². The van der Waals surface area contributed by atoms with Crippen molar-refractivity contribution in [3.05, 3.63) is 36.1 Å². The zero-order valence-electron chi connectivity index (χ0n) is 13.2. The molecule has 0 aliphatic heterocycles. The molecule has 0 heterocycles. The minimum absolute atomic E-state index is 0.0504. The largest absolute Gasteiger partial charge is 0.501 e. The van der Waals surface area contributed by atoms with E-state index in [-0.39, 0.29) is 10.8 Å². The van der Waals surface area contributed by atoms with Crippen molar-refractivity contribution in [1.29, 1.82) is 0 Å². The third-order valence-corrected chi connectivity index (χ3v) is 5.71. The summed E-state index contributed by atoms with van der Waals surface area (Å²) in [6.07, 6.45) is 6.03. The van der Waals surface area contributed by atoms with Crippen LogP contribution in [0.1, 0.15) is 47.0 Å². The van der Waals surface area contributed by atoms with Crippen LogP contribution < -0.4 is 0 Å². The van der Waals surface area contributed by atoms with Crippen LogP contribution in [0.5, 0.6) is 0 Å². The number of ether oxygens (including phenoxy) is 1. The lowest BCUT2D eigenvalue weighted by atomic mass is 9.57. The van der Waals surface area contributed by atoms with Crippen LogP contribution in [-0.4, -0.2) is 7.11 Å². The van der Waals surface area contributed by atoms with Gasteiger partial charge in [0, 0.05) is 5.41 Å². The number of hydrogen-bond acceptors (Lipinski definition) is 1. The molecule has 0 bridgehead atoms. The van der Waals surface area contributed by atoms with Crippen LogP contribution in [0.15, 0.2) is 36.1 Å². The molecule has 2 aliphatic carbocycles. The van der Waals surface area contributed by atoms with Crippen LogP contribution in [0.25, 0.3) is 0 Å². The van der Waals surface area contributed by atoms with Gasteiger partial charge in [-0.2, -0.15) is 0 Å². The molecule has 1 saturated carbocycles. The van der Waals surface area contributed by atoms with Gasteiger partial charge in [-0.25, -0.2) is 0 Å². The highest BCUT2D eigenvalue weighted by Crippen LogP contribution is 2.61. The van der Waals surface area contributed by atoms with Crippen LogP contribution in [0.3, 0.4) is 0 Å². The predicted molar refractivity (Wildman–Crippen MR) is 81.8 cm³/mol. The summed E-state index contributed by atoms with van der Waals surface area (Å²) >= 11 is 0. The fraction of sp³-hybridized carbons (Fsp3) is 0.667. The molecule has 106 valence electrons. The second-order valence-corrected chi connectivity index (χ2v) is 7.07. The van der Waals surface area contributed by atoms with Gasteiger partial charge in [0.1, 0.15) is 5.76 Å². The van der Waals surface area contributed by atoms with Crippen molar-refractivity contribution >= 4 is 0 Å². The first-order valence-electron chi connectivity index (χ1n) is 7.37. The molecule has 1 nitrogen and oxygen atoms in total. The van der Waals surface area contributed by atoms with E-state index in [4.69, 9.17) is 4.74 Å². The van der Waals surface area contributed by atoms with Gasteiger partial charge in [0.05, 0.1) is 7.11 Å². The Balaban J connectivity index is 2.41. The Morgan fingerprint density at radius 1 is 1.42 bits per heavy atom. The van der Waals surface area contributed by atoms with Crippen molar-refractivity contribution in [2.75, 3.05) is 7.11 Å². The Labute approximate surface area is 118 Å². The van der Waals surface area contributed by atoms with Crippen molar-refractivity contribution < 1.29 is 4.74 Å². The average molecular weight is 260 g/mol. The summed E-state index contributed by atoms with van der Waals surface area (Å²) in [6.45, 7) is 17.6. The summed E-state index contributed by atoms with van der Waals surface area (Å²) in [6, 6.07) is 0. The Morgan fingerprint density at radius 3 is 2.53 bits per heavy atom. The van der Waals surface area contributed by atoms with E-state index in [1.165, 1.54) is 30.4 Å². The molecule has 0 aromatic rings. The molecule has 19 heavy (non-hydrogen) atoms. The van der Waals surface area contributed by atoms with E-state index in [9.17, 15) is 0 Å². The minimum atomic E-state index is -0.0504. The minimum Gasteiger partial charge on any atom is -0.501 e. The summed E-state index contributed by atoms with van der Waals surface area (Å²) in [4.78, 5) is 0. The second kappa shape index (κ2) is 4.54. The van der Waals surface area contributed by atoms with E-state index in [0.717, 1.165) is 5.76 Å². The van der Waals surface area contributed by atoms with Gasteiger partial charge in [0.15, 0.2) is 0 Å². The van der Waals surface area contributed by atoms with Crippen LogP contribution in [-0.2, 0) is 4.74 Å². The highest BCUT2D eigenvalue weighted by Gasteiger charge is 2.52. The molecule has 1 heteroatoms. The number of allylic oxidation sites excluding steroid dienone is 3. The first-order chi connectivity index (χ1) is 8.75. The normalized spacial score (nSPS) is 37.3. The molecule has 3 atom stereocenters. The zero-order chi connectivity index (χ0) is 14.4. The maximum atomic E-state index is 5.61. The SMILES string of the molecule is C=C(C)C1CC[C@]2(C1)C(=C)C(C)(C)C(OC)=C[C@H]2C. The van der Waals surface area contributed by atoms with E-state index in [1.54, 1.807) is 7.11 Å². The van der Waals surface area contributed by atoms with Gasteiger partial charge in [-0.3, -0.25) is 0 Å². The maximum absolute atomic E-state index is 5.61. The molecule has 0 radical (unpaired) electrons. The molecule has 2 aliphatic rings. The summed E-state index contributed by atoms with van der Waals surface area (Å²) in [5.74, 6) is 2.24. The lowest BCUT2D eigenvalue weighted by molar-refractivity contribution is 0.137. The van der Waals surface area contributed by atoms with Gasteiger partial charge in [-0.05, 0) is 63.4 Å². The standard InChI is InChI=1S/C18H28O/c1-12(2)15-8-9-18(11-15)13(3)10-16(19-7)17(5,6)14(18)4/h10,13,15H,1,4,8-9,11H2,2-3,5-7H3/t13-,15?,18-/m1/s1. The first kappa shape index (κ1) is 14.4.